The van der Waals surface area contributed by atoms with Crippen molar-refractivity contribution in [2.45, 2.75) is 34.2 Å². The van der Waals surface area contributed by atoms with Crippen LogP contribution < -0.4 is 4.80 Å². The number of aryl methyl sites for hydroxylation is 5. The minimum Gasteiger partial charge on any atom is -0.315 e. The number of hydrogen-bond acceptors (Lipinski definition) is 3. The third-order valence-electron chi connectivity index (χ3n) is 4.45. The minimum atomic E-state index is -0.162. The van der Waals surface area contributed by atoms with Gasteiger partial charge in [0.25, 0.3) is 5.91 Å². The maximum atomic E-state index is 12.9. The quantitative estimate of drug-likeness (QED) is 0.631. The van der Waals surface area contributed by atoms with Crippen molar-refractivity contribution in [1.29, 1.82) is 0 Å². The van der Waals surface area contributed by atoms with Gasteiger partial charge in [-0.05, 0) is 62.8 Å². The van der Waals surface area contributed by atoms with E-state index in [4.69, 9.17) is 0 Å². The normalized spacial score (nSPS) is 12.1. The first-order chi connectivity index (χ1) is 12.4. The Morgan fingerprint density at radius 1 is 1.08 bits per heavy atom. The van der Waals surface area contributed by atoms with Gasteiger partial charge in [-0.2, -0.15) is 16.8 Å². The summed E-state index contributed by atoms with van der Waals surface area (Å²) >= 11 is 3.41. The summed E-state index contributed by atoms with van der Waals surface area (Å²) in [4.78, 5) is 18.2. The molecule has 1 aromatic heterocycles. The van der Waals surface area contributed by atoms with Crippen molar-refractivity contribution in [1.82, 2.24) is 4.57 Å². The molecule has 0 aliphatic carbocycles. The van der Waals surface area contributed by atoms with Gasteiger partial charge >= 0.3 is 0 Å². The lowest BCUT2D eigenvalue weighted by atomic mass is 10.1. The van der Waals surface area contributed by atoms with Crippen LogP contribution in [0.5, 0.6) is 0 Å². The fraction of sp³-hybridized carbons (Fsp3) is 0.333. The summed E-state index contributed by atoms with van der Waals surface area (Å²) in [5, 5.41) is 0. The van der Waals surface area contributed by atoms with Gasteiger partial charge in [0, 0.05) is 17.9 Å². The van der Waals surface area contributed by atoms with E-state index in [-0.39, 0.29) is 5.91 Å². The molecule has 3 nitrogen and oxygen atoms in total. The lowest BCUT2D eigenvalue weighted by molar-refractivity contribution is 0.0997. The topological polar surface area (TPSA) is 34.4 Å². The van der Waals surface area contributed by atoms with Crippen LogP contribution in [0.1, 0.15) is 32.6 Å². The number of carbonyl (C=O) groups excluding carboxylic acids is 1. The van der Waals surface area contributed by atoms with Gasteiger partial charge < -0.3 is 4.57 Å². The molecule has 1 heterocycles. The van der Waals surface area contributed by atoms with Crippen LogP contribution in [-0.4, -0.2) is 22.5 Å². The number of thioether (sulfide) groups is 1. The van der Waals surface area contributed by atoms with Gasteiger partial charge in [-0.25, -0.2) is 0 Å². The zero-order valence-electron chi connectivity index (χ0n) is 15.9. The smallest absolute Gasteiger partial charge is 0.279 e. The first-order valence-electron chi connectivity index (χ1n) is 8.66. The number of amides is 1. The van der Waals surface area contributed by atoms with E-state index in [1.54, 1.807) is 23.1 Å². The van der Waals surface area contributed by atoms with Crippen molar-refractivity contribution in [2.75, 3.05) is 12.0 Å². The third-order valence-corrected chi connectivity index (χ3v) is 6.27. The van der Waals surface area contributed by atoms with Gasteiger partial charge in [0.1, 0.15) is 0 Å². The van der Waals surface area contributed by atoms with Crippen LogP contribution in [0, 0.1) is 27.7 Å². The largest absolute Gasteiger partial charge is 0.315 e. The van der Waals surface area contributed by atoms with Crippen LogP contribution in [0.15, 0.2) is 35.3 Å². The molecule has 26 heavy (non-hydrogen) atoms. The second-order valence-corrected chi connectivity index (χ2v) is 8.66. The Hall–Kier alpha value is -1.85. The molecule has 2 aromatic carbocycles. The van der Waals surface area contributed by atoms with Gasteiger partial charge in [0.05, 0.1) is 10.2 Å². The lowest BCUT2D eigenvalue weighted by Gasteiger charge is -2.06. The zero-order valence-corrected chi connectivity index (χ0v) is 17.6. The van der Waals surface area contributed by atoms with Gasteiger partial charge in [-0.3, -0.25) is 4.79 Å². The van der Waals surface area contributed by atoms with Gasteiger partial charge in [-0.15, -0.1) is 0 Å². The number of rotatable bonds is 4. The Kier molecular flexibility index (Phi) is 5.68. The number of aromatic nitrogens is 1. The third kappa shape index (κ3) is 3.79. The monoisotopic (exact) mass is 384 g/mol. The number of benzene rings is 2. The van der Waals surface area contributed by atoms with Crippen molar-refractivity contribution in [3.63, 3.8) is 0 Å². The Bertz CT molecular complexity index is 1040. The van der Waals surface area contributed by atoms with E-state index in [0.29, 0.717) is 5.56 Å². The number of hydrogen-bond donors (Lipinski definition) is 0. The van der Waals surface area contributed by atoms with Crippen LogP contribution in [0.4, 0.5) is 0 Å². The average molecular weight is 385 g/mol. The van der Waals surface area contributed by atoms with Crippen molar-refractivity contribution in [3.8, 4) is 0 Å². The molecule has 3 aromatic rings. The minimum absolute atomic E-state index is 0.162. The zero-order chi connectivity index (χ0) is 18.8. The van der Waals surface area contributed by atoms with Crippen LogP contribution in [0.25, 0.3) is 10.2 Å². The highest BCUT2D eigenvalue weighted by Gasteiger charge is 2.13. The van der Waals surface area contributed by atoms with E-state index in [9.17, 15) is 4.79 Å². The number of thiazole rings is 1. The van der Waals surface area contributed by atoms with E-state index < -0.39 is 0 Å². The molecule has 0 saturated carbocycles. The molecule has 0 unspecified atom stereocenters. The molecular formula is C21H24N2OS2. The fourth-order valence-corrected chi connectivity index (χ4v) is 4.58. The molecule has 5 heteroatoms. The van der Waals surface area contributed by atoms with Crippen molar-refractivity contribution >= 4 is 39.2 Å². The predicted octanol–water partition coefficient (Wildman–Crippen LogP) is 5.04. The first-order valence-corrected chi connectivity index (χ1v) is 10.9. The SMILES string of the molecule is CSCCn1c(=NC(=O)c2cc(C)ccc2C)sc2c(C)cc(C)cc21. The van der Waals surface area contributed by atoms with E-state index in [2.05, 4.69) is 41.8 Å². The molecule has 0 fully saturated rings. The van der Waals surface area contributed by atoms with Crippen LogP contribution in [0.2, 0.25) is 0 Å². The van der Waals surface area contributed by atoms with Crippen LogP contribution in [0.3, 0.4) is 0 Å². The van der Waals surface area contributed by atoms with Crippen molar-refractivity contribution in [3.05, 3.63) is 63.0 Å². The van der Waals surface area contributed by atoms with E-state index in [0.717, 1.165) is 28.2 Å². The van der Waals surface area contributed by atoms with E-state index in [1.807, 2.05) is 32.0 Å². The molecule has 136 valence electrons. The van der Waals surface area contributed by atoms with Gasteiger partial charge in [0.15, 0.2) is 4.80 Å². The Morgan fingerprint density at radius 2 is 1.85 bits per heavy atom. The highest BCUT2D eigenvalue weighted by molar-refractivity contribution is 7.98. The summed E-state index contributed by atoms with van der Waals surface area (Å²) < 4.78 is 3.41. The molecule has 0 atom stereocenters. The highest BCUT2D eigenvalue weighted by Crippen LogP contribution is 2.24. The average Bonchev–Trinajstić information content (AvgIpc) is 2.92. The lowest BCUT2D eigenvalue weighted by Crippen LogP contribution is -2.18. The number of nitrogens with zero attached hydrogens (tertiary/aromatic N) is 2. The Balaban J connectivity index is 2.19. The van der Waals surface area contributed by atoms with E-state index in [1.165, 1.54) is 21.3 Å². The van der Waals surface area contributed by atoms with Crippen LogP contribution in [-0.2, 0) is 6.54 Å². The molecular weight excluding hydrogens is 360 g/mol. The number of fused-ring (bicyclic) bond motifs is 1. The fourth-order valence-electron chi connectivity index (χ4n) is 3.11. The van der Waals surface area contributed by atoms with Crippen molar-refractivity contribution < 1.29 is 4.79 Å². The molecule has 0 aliphatic heterocycles. The molecule has 0 N–H and O–H groups in total. The summed E-state index contributed by atoms with van der Waals surface area (Å²) in [6, 6.07) is 10.3. The van der Waals surface area contributed by atoms with Crippen molar-refractivity contribution in [2.24, 2.45) is 4.99 Å². The summed E-state index contributed by atoms with van der Waals surface area (Å²) in [5.41, 5.74) is 6.38. The Morgan fingerprint density at radius 3 is 2.58 bits per heavy atom. The molecule has 0 bridgehead atoms. The maximum Gasteiger partial charge on any atom is 0.279 e. The summed E-state index contributed by atoms with van der Waals surface area (Å²) in [7, 11) is 0. The Labute approximate surface area is 162 Å². The summed E-state index contributed by atoms with van der Waals surface area (Å²) in [6.45, 7) is 9.05. The highest BCUT2D eigenvalue weighted by atomic mass is 32.2. The molecule has 3 rings (SSSR count). The molecule has 0 radical (unpaired) electrons. The predicted molar refractivity (Wildman–Crippen MR) is 113 cm³/mol. The van der Waals surface area contributed by atoms with Crippen LogP contribution >= 0.6 is 23.1 Å². The standard InChI is InChI=1S/C21H24N2OS2/c1-13-6-7-15(3)17(11-13)20(24)22-21-23(8-9-25-5)18-12-14(2)10-16(4)19(18)26-21/h6-7,10-12H,8-9H2,1-5H3. The van der Waals surface area contributed by atoms with Gasteiger partial charge in [0.2, 0.25) is 0 Å². The summed E-state index contributed by atoms with van der Waals surface area (Å²) in [5.74, 6) is 0.828. The first kappa shape index (κ1) is 18.9. The van der Waals surface area contributed by atoms with E-state index >= 15 is 0 Å². The van der Waals surface area contributed by atoms with Gasteiger partial charge in [-0.1, -0.05) is 35.1 Å². The molecule has 0 aliphatic rings. The number of carbonyl (C=O) groups is 1. The second kappa shape index (κ2) is 7.80. The molecule has 0 saturated heterocycles. The maximum absolute atomic E-state index is 12.9. The molecule has 1 amide bonds. The summed E-state index contributed by atoms with van der Waals surface area (Å²) in [6.07, 6.45) is 2.10. The second-order valence-electron chi connectivity index (χ2n) is 6.69. The molecule has 0 spiro atoms.